The molecule has 0 aromatic rings. The van der Waals surface area contributed by atoms with Gasteiger partial charge in [-0.2, -0.15) is 0 Å². The summed E-state index contributed by atoms with van der Waals surface area (Å²) in [5.41, 5.74) is 0.484. The molecule has 0 heterocycles. The van der Waals surface area contributed by atoms with Crippen LogP contribution in [0.4, 0.5) is 0 Å². The van der Waals surface area contributed by atoms with Crippen molar-refractivity contribution in [3.8, 4) is 0 Å². The largest absolute Gasteiger partial charge is 0.469 e. The van der Waals surface area contributed by atoms with Crippen LogP contribution in [0, 0.1) is 52.3 Å². The number of ether oxygens (including phenoxy) is 3. The van der Waals surface area contributed by atoms with E-state index in [4.69, 9.17) is 14.2 Å². The van der Waals surface area contributed by atoms with Crippen LogP contribution in [0.15, 0.2) is 0 Å². The van der Waals surface area contributed by atoms with Crippen LogP contribution in [-0.4, -0.2) is 37.2 Å². The van der Waals surface area contributed by atoms with Crippen molar-refractivity contribution in [3.05, 3.63) is 0 Å². The molecular weight excluding hydrogens is 480 g/mol. The summed E-state index contributed by atoms with van der Waals surface area (Å²) in [5.74, 6) is 2.76. The first-order valence-electron chi connectivity index (χ1n) is 15.3. The molecule has 11 atom stereocenters. The van der Waals surface area contributed by atoms with E-state index in [2.05, 4.69) is 20.8 Å². The molecule has 0 bridgehead atoms. The molecule has 0 amide bonds. The molecule has 4 aliphatic carbocycles. The molecule has 0 radical (unpaired) electrons. The summed E-state index contributed by atoms with van der Waals surface area (Å²) in [6.45, 7) is 12.5. The summed E-state index contributed by atoms with van der Waals surface area (Å²) in [6.07, 6.45) is 11.8. The van der Waals surface area contributed by atoms with Gasteiger partial charge in [0.1, 0.15) is 12.2 Å². The molecule has 0 spiro atoms. The summed E-state index contributed by atoms with van der Waals surface area (Å²) in [5, 5.41) is 0. The highest BCUT2D eigenvalue weighted by molar-refractivity contribution is 5.71. The van der Waals surface area contributed by atoms with Crippen LogP contribution in [0.3, 0.4) is 0 Å². The van der Waals surface area contributed by atoms with E-state index in [0.29, 0.717) is 35.5 Å². The predicted octanol–water partition coefficient (Wildman–Crippen LogP) is 6.73. The van der Waals surface area contributed by atoms with Gasteiger partial charge < -0.3 is 14.2 Å². The van der Waals surface area contributed by atoms with Crippen LogP contribution in [0.5, 0.6) is 0 Å². The standard InChI is InChI=1S/C32H52O6/c1-19(9-8-10-20(2)30(35)36-7)25-11-12-26-29-27(14-16-32(25,26)6)31(5)15-13-24(37-21(3)33)17-23(31)18-28(29)38-22(4)34/h19-20,23-29H,8-18H2,1-7H3/t19-,20?,23?,24?,25-,26+,27+,28?,29+,31+,32-/m1/s1. The van der Waals surface area contributed by atoms with Crippen molar-refractivity contribution < 1.29 is 28.6 Å². The van der Waals surface area contributed by atoms with Crippen LogP contribution < -0.4 is 0 Å². The van der Waals surface area contributed by atoms with Crippen molar-refractivity contribution in [3.63, 3.8) is 0 Å². The highest BCUT2D eigenvalue weighted by atomic mass is 16.5. The van der Waals surface area contributed by atoms with Crippen LogP contribution in [-0.2, 0) is 28.6 Å². The zero-order valence-corrected chi connectivity index (χ0v) is 24.9. The number of esters is 3. The van der Waals surface area contributed by atoms with Gasteiger partial charge in [0.25, 0.3) is 0 Å². The van der Waals surface area contributed by atoms with Crippen LogP contribution in [0.2, 0.25) is 0 Å². The highest BCUT2D eigenvalue weighted by Crippen LogP contribution is 2.68. The minimum absolute atomic E-state index is 0.00688. The van der Waals surface area contributed by atoms with E-state index >= 15 is 0 Å². The summed E-state index contributed by atoms with van der Waals surface area (Å²) in [7, 11) is 1.47. The van der Waals surface area contributed by atoms with E-state index in [9.17, 15) is 14.4 Å². The minimum Gasteiger partial charge on any atom is -0.469 e. The fourth-order valence-electron chi connectivity index (χ4n) is 10.1. The van der Waals surface area contributed by atoms with Crippen molar-refractivity contribution >= 4 is 17.9 Å². The van der Waals surface area contributed by atoms with Gasteiger partial charge in [-0.25, -0.2) is 0 Å². The Hall–Kier alpha value is -1.59. The molecule has 0 aromatic carbocycles. The smallest absolute Gasteiger partial charge is 0.308 e. The number of hydrogen-bond donors (Lipinski definition) is 0. The number of rotatable bonds is 8. The first-order valence-corrected chi connectivity index (χ1v) is 15.3. The second-order valence-electron chi connectivity index (χ2n) is 13.9. The van der Waals surface area contributed by atoms with Gasteiger partial charge in [0.2, 0.25) is 0 Å². The maximum absolute atomic E-state index is 12.3. The second-order valence-corrected chi connectivity index (χ2v) is 13.9. The molecule has 4 aliphatic rings. The number of carbonyl (C=O) groups excluding carboxylic acids is 3. The lowest BCUT2D eigenvalue weighted by molar-refractivity contribution is -0.197. The van der Waals surface area contributed by atoms with Gasteiger partial charge >= 0.3 is 17.9 Å². The topological polar surface area (TPSA) is 78.9 Å². The van der Waals surface area contributed by atoms with E-state index in [-0.39, 0.29) is 46.9 Å². The van der Waals surface area contributed by atoms with Gasteiger partial charge in [0.05, 0.1) is 13.0 Å². The van der Waals surface area contributed by atoms with Crippen LogP contribution in [0.25, 0.3) is 0 Å². The number of fused-ring (bicyclic) bond motifs is 5. The lowest BCUT2D eigenvalue weighted by atomic mass is 9.43. The van der Waals surface area contributed by atoms with Gasteiger partial charge in [-0.3, -0.25) is 14.4 Å². The average Bonchev–Trinajstić information content (AvgIpc) is 3.20. The minimum atomic E-state index is -0.192. The third-order valence-electron chi connectivity index (χ3n) is 11.9. The van der Waals surface area contributed by atoms with Crippen molar-refractivity contribution in [2.45, 2.75) is 124 Å². The molecule has 4 rings (SSSR count). The third-order valence-corrected chi connectivity index (χ3v) is 11.9. The molecule has 0 aliphatic heterocycles. The first kappa shape index (κ1) is 29.4. The van der Waals surface area contributed by atoms with Gasteiger partial charge in [0.15, 0.2) is 0 Å². The Labute approximate surface area is 230 Å². The monoisotopic (exact) mass is 532 g/mol. The zero-order chi connectivity index (χ0) is 27.8. The first-order chi connectivity index (χ1) is 17.9. The van der Waals surface area contributed by atoms with E-state index < -0.39 is 0 Å². The van der Waals surface area contributed by atoms with Gasteiger partial charge in [-0.1, -0.05) is 40.5 Å². The van der Waals surface area contributed by atoms with Crippen molar-refractivity contribution in [1.29, 1.82) is 0 Å². The normalized spacial score (nSPS) is 41.6. The summed E-state index contributed by atoms with van der Waals surface area (Å²) in [6, 6.07) is 0. The Kier molecular flexibility index (Phi) is 8.89. The molecular formula is C32H52O6. The molecule has 4 fully saturated rings. The summed E-state index contributed by atoms with van der Waals surface area (Å²) in [4.78, 5) is 35.8. The average molecular weight is 533 g/mol. The number of hydrogen-bond acceptors (Lipinski definition) is 6. The fourth-order valence-corrected chi connectivity index (χ4v) is 10.1. The quantitative estimate of drug-likeness (QED) is 0.255. The third kappa shape index (κ3) is 5.52. The van der Waals surface area contributed by atoms with Crippen molar-refractivity contribution in [1.82, 2.24) is 0 Å². The maximum atomic E-state index is 12.3. The van der Waals surface area contributed by atoms with Crippen molar-refractivity contribution in [2.24, 2.45) is 52.3 Å². The molecule has 6 nitrogen and oxygen atoms in total. The Morgan fingerprint density at radius 2 is 1.50 bits per heavy atom. The van der Waals surface area contributed by atoms with E-state index in [1.54, 1.807) is 6.92 Å². The van der Waals surface area contributed by atoms with Gasteiger partial charge in [0, 0.05) is 19.8 Å². The lowest BCUT2D eigenvalue weighted by Gasteiger charge is -2.62. The van der Waals surface area contributed by atoms with Gasteiger partial charge in [-0.05, 0) is 98.2 Å². The predicted molar refractivity (Wildman–Crippen MR) is 146 cm³/mol. The summed E-state index contributed by atoms with van der Waals surface area (Å²) >= 11 is 0. The lowest BCUT2D eigenvalue weighted by Crippen LogP contribution is -2.59. The SMILES string of the molecule is COC(=O)C(C)CCC[C@@H](C)[C@H]1CC[C@H]2[C@@H]3C(OC(C)=O)CC4CC(OC(C)=O)CC[C@]4(C)[C@H]3CC[C@]12C. The molecule has 38 heavy (non-hydrogen) atoms. The Bertz CT molecular complexity index is 885. The van der Waals surface area contributed by atoms with E-state index in [1.165, 1.54) is 39.7 Å². The molecule has 0 N–H and O–H groups in total. The molecule has 0 saturated heterocycles. The molecule has 6 heteroatoms. The molecule has 0 aromatic heterocycles. The van der Waals surface area contributed by atoms with E-state index in [0.717, 1.165) is 44.9 Å². The van der Waals surface area contributed by atoms with E-state index in [1.807, 2.05) is 6.92 Å². The van der Waals surface area contributed by atoms with Crippen LogP contribution >= 0.6 is 0 Å². The highest BCUT2D eigenvalue weighted by Gasteiger charge is 2.63. The zero-order valence-electron chi connectivity index (χ0n) is 24.9. The Morgan fingerprint density at radius 1 is 0.842 bits per heavy atom. The van der Waals surface area contributed by atoms with Crippen molar-refractivity contribution in [2.75, 3.05) is 7.11 Å². The van der Waals surface area contributed by atoms with Gasteiger partial charge in [-0.15, -0.1) is 0 Å². The second kappa shape index (κ2) is 11.5. The number of carbonyl (C=O) groups is 3. The number of methoxy groups -OCH3 is 1. The Morgan fingerprint density at radius 3 is 2.16 bits per heavy atom. The molecule has 4 unspecified atom stereocenters. The fraction of sp³-hybridized carbons (Fsp3) is 0.906. The van der Waals surface area contributed by atoms with Crippen LogP contribution in [0.1, 0.15) is 112 Å². The summed E-state index contributed by atoms with van der Waals surface area (Å²) < 4.78 is 16.7. The molecule has 4 saturated carbocycles. The molecule has 216 valence electrons. The maximum Gasteiger partial charge on any atom is 0.308 e. The Balaban J connectivity index is 1.50.